The van der Waals surface area contributed by atoms with Gasteiger partial charge in [-0.3, -0.25) is 0 Å². The van der Waals surface area contributed by atoms with Crippen LogP contribution in [0.2, 0.25) is 0 Å². The highest BCUT2D eigenvalue weighted by molar-refractivity contribution is 7.57. The average Bonchev–Trinajstić information content (AvgIpc) is 1.63. The molecule has 0 rings (SSSR count). The van der Waals surface area contributed by atoms with E-state index in [-0.39, 0.29) is 0 Å². The van der Waals surface area contributed by atoms with E-state index in [1.54, 1.807) is 0 Å². The minimum absolute atomic E-state index is 1.09. The Kier molecular flexibility index (Phi) is 2.84. The lowest BCUT2D eigenvalue weighted by molar-refractivity contribution is -0.302. The summed E-state index contributed by atoms with van der Waals surface area (Å²) in [5, 5.41) is 17.6. The molecule has 0 aliphatic carbocycles. The average molecular weight is 152 g/mol. The fourth-order valence-corrected chi connectivity index (χ4v) is 0.740. The lowest BCUT2D eigenvalue weighted by atomic mass is 10.8. The van der Waals surface area contributed by atoms with Crippen LogP contribution in [0.4, 0.5) is 0 Å². The molecule has 9 heavy (non-hydrogen) atoms. The van der Waals surface area contributed by atoms with Crippen LogP contribution in [0.3, 0.4) is 0 Å². The number of carbonyl (C=O) groups is 1. The van der Waals surface area contributed by atoms with Crippen molar-refractivity contribution in [1.29, 1.82) is 0 Å². The molecule has 0 saturated heterocycles. The second-order valence-corrected chi connectivity index (χ2v) is 3.71. The molecule has 0 aromatic rings. The summed E-state index contributed by atoms with van der Waals surface area (Å²) in [7, 11) is -4.09. The first kappa shape index (κ1) is 8.62. The van der Waals surface area contributed by atoms with Crippen LogP contribution in [0.15, 0.2) is 0 Å². The maximum absolute atomic E-state index is 10.2. The van der Waals surface area contributed by atoms with Crippen molar-refractivity contribution in [3.8, 4) is 0 Å². The zero-order chi connectivity index (χ0) is 7.49. The molecule has 1 unspecified atom stereocenters. The summed E-state index contributed by atoms with van der Waals surface area (Å²) in [6.45, 7) is 0. The molecule has 54 valence electrons. The van der Waals surface area contributed by atoms with E-state index in [4.69, 9.17) is 5.11 Å². The Balaban J connectivity index is 3.88. The molecule has 5 nitrogen and oxygen atoms in total. The van der Waals surface area contributed by atoms with Crippen molar-refractivity contribution in [2.45, 2.75) is 0 Å². The predicted octanol–water partition coefficient (Wildman–Crippen LogP) is -2.68. The molecule has 1 N–H and O–H groups in total. The van der Waals surface area contributed by atoms with Crippen LogP contribution in [-0.4, -0.2) is 23.6 Å². The highest BCUT2D eigenvalue weighted by Gasteiger charge is 2.04. The Hall–Kier alpha value is -0.380. The molecule has 0 amide bonds. The maximum atomic E-state index is 10.2. The van der Waals surface area contributed by atoms with Gasteiger partial charge in [0.15, 0.2) is 0 Å². The number of carboxylic acid groups (broad SMARTS) is 1. The zero-order valence-electron chi connectivity index (χ0n) is 4.44. The summed E-state index contributed by atoms with van der Waals surface area (Å²) < 4.78 is 10.2. The molecule has 0 aliphatic rings. The fourth-order valence-electron chi connectivity index (χ4n) is 0.247. The van der Waals surface area contributed by atoms with E-state index in [1.807, 2.05) is 0 Å². The van der Waals surface area contributed by atoms with Gasteiger partial charge in [0, 0.05) is 19.5 Å². The van der Waals surface area contributed by atoms with E-state index < -0.39 is 25.8 Å². The van der Waals surface area contributed by atoms with Crippen molar-refractivity contribution < 1.29 is 24.5 Å². The molecule has 0 aliphatic heterocycles. The van der Waals surface area contributed by atoms with Gasteiger partial charge in [-0.25, -0.2) is 0 Å². The largest absolute Gasteiger partial charge is 0.798 e. The number of hydrogen-bond acceptors (Lipinski definition) is 5. The normalized spacial score (nSPS) is 16.7. The summed E-state index contributed by atoms with van der Waals surface area (Å²) in [5.74, 6) is -1.69. The topological polar surface area (TPSA) is 100 Å². The van der Waals surface area contributed by atoms with Gasteiger partial charge in [0.2, 0.25) is 0 Å². The van der Waals surface area contributed by atoms with Crippen molar-refractivity contribution in [1.82, 2.24) is 0 Å². The Morgan fingerprint density at radius 3 is 2.22 bits per heavy atom. The smallest absolute Gasteiger partial charge is 0.0839 e. The van der Waals surface area contributed by atoms with Crippen molar-refractivity contribution in [2.75, 3.05) is 12.5 Å². The molecular formula is C3H5O5P-2. The summed E-state index contributed by atoms with van der Waals surface area (Å²) in [5.41, 5.74) is 0. The van der Waals surface area contributed by atoms with Crippen LogP contribution in [0.5, 0.6) is 0 Å². The van der Waals surface area contributed by atoms with Crippen LogP contribution in [0.25, 0.3) is 0 Å². The maximum Gasteiger partial charge on any atom is 0.0839 e. The van der Waals surface area contributed by atoms with E-state index in [0.717, 1.165) is 0 Å². The van der Waals surface area contributed by atoms with Crippen LogP contribution < -0.4 is 10.00 Å². The van der Waals surface area contributed by atoms with Gasteiger partial charge in [-0.1, -0.05) is 0 Å². The zero-order valence-corrected chi connectivity index (χ0v) is 5.34. The number of aliphatic hydroxyl groups excluding tert-OH is 1. The van der Waals surface area contributed by atoms with Crippen molar-refractivity contribution >= 4 is 13.3 Å². The second-order valence-electron chi connectivity index (χ2n) is 1.49. The number of aliphatic carboxylic acids is 1. The van der Waals surface area contributed by atoms with Gasteiger partial charge in [0.1, 0.15) is 0 Å². The van der Waals surface area contributed by atoms with Gasteiger partial charge in [0.05, 0.1) is 6.35 Å². The van der Waals surface area contributed by atoms with Crippen molar-refractivity contribution in [3.05, 3.63) is 0 Å². The van der Waals surface area contributed by atoms with E-state index in [2.05, 4.69) is 0 Å². The SMILES string of the molecule is O=C([O-])CP(=O)([O-])CO. The van der Waals surface area contributed by atoms with Gasteiger partial charge >= 0.3 is 0 Å². The van der Waals surface area contributed by atoms with Crippen molar-refractivity contribution in [2.24, 2.45) is 0 Å². The quantitative estimate of drug-likeness (QED) is 0.444. The predicted molar refractivity (Wildman–Crippen MR) is 24.6 cm³/mol. The van der Waals surface area contributed by atoms with Crippen LogP contribution in [0, 0.1) is 0 Å². The first-order valence-electron chi connectivity index (χ1n) is 2.08. The molecule has 0 fully saturated rings. The van der Waals surface area contributed by atoms with Gasteiger partial charge in [-0.15, -0.1) is 0 Å². The third kappa shape index (κ3) is 4.14. The van der Waals surface area contributed by atoms with Gasteiger partial charge < -0.3 is 24.5 Å². The lowest BCUT2D eigenvalue weighted by Crippen LogP contribution is -2.29. The molecule has 0 saturated carbocycles. The van der Waals surface area contributed by atoms with Crippen LogP contribution in [0.1, 0.15) is 0 Å². The first-order chi connectivity index (χ1) is 3.98. The van der Waals surface area contributed by atoms with Gasteiger partial charge in [0.25, 0.3) is 0 Å². The first-order valence-corrected chi connectivity index (χ1v) is 4.07. The molecule has 0 aromatic carbocycles. The van der Waals surface area contributed by atoms with Crippen LogP contribution >= 0.6 is 7.37 Å². The Bertz CT molecular complexity index is 152. The number of carboxylic acids is 1. The van der Waals surface area contributed by atoms with Gasteiger partial charge in [-0.05, 0) is 0 Å². The highest BCUT2D eigenvalue weighted by Crippen LogP contribution is 2.31. The number of hydrogen-bond donors (Lipinski definition) is 1. The summed E-state index contributed by atoms with van der Waals surface area (Å²) in [6, 6.07) is 0. The summed E-state index contributed by atoms with van der Waals surface area (Å²) in [6.07, 6.45) is -2.22. The van der Waals surface area contributed by atoms with Gasteiger partial charge in [-0.2, -0.15) is 0 Å². The Morgan fingerprint density at radius 1 is 1.67 bits per heavy atom. The monoisotopic (exact) mass is 152 g/mol. The third-order valence-corrected chi connectivity index (χ3v) is 1.76. The number of rotatable bonds is 3. The molecule has 0 spiro atoms. The minimum atomic E-state index is -4.09. The van der Waals surface area contributed by atoms with Crippen LogP contribution in [-0.2, 0) is 9.36 Å². The second kappa shape index (κ2) is 2.96. The van der Waals surface area contributed by atoms with Crippen molar-refractivity contribution in [3.63, 3.8) is 0 Å². The number of aliphatic hydroxyl groups is 1. The van der Waals surface area contributed by atoms with E-state index in [9.17, 15) is 19.4 Å². The van der Waals surface area contributed by atoms with E-state index in [0.29, 0.717) is 0 Å². The molecule has 0 aromatic heterocycles. The third-order valence-electron chi connectivity index (χ3n) is 0.585. The number of carbonyl (C=O) groups excluding carboxylic acids is 1. The molecule has 0 radical (unpaired) electrons. The Morgan fingerprint density at radius 2 is 2.11 bits per heavy atom. The fraction of sp³-hybridized carbons (Fsp3) is 0.667. The highest BCUT2D eigenvalue weighted by atomic mass is 31.2. The summed E-state index contributed by atoms with van der Waals surface area (Å²) in [4.78, 5) is 19.7. The minimum Gasteiger partial charge on any atom is -0.798 e. The molecule has 0 bridgehead atoms. The lowest BCUT2D eigenvalue weighted by Gasteiger charge is -2.19. The van der Waals surface area contributed by atoms with E-state index >= 15 is 0 Å². The molecule has 1 atom stereocenters. The molecule has 6 heteroatoms. The summed E-state index contributed by atoms with van der Waals surface area (Å²) >= 11 is 0. The molecular weight excluding hydrogens is 147 g/mol. The Labute approximate surface area is 51.4 Å². The van der Waals surface area contributed by atoms with E-state index in [1.165, 1.54) is 0 Å². The standard InChI is InChI=1S/C3H7O5P/c4-2-9(7,8)1-3(5)6/h4H,1-2H2,(H,5,6)(H,7,8)/p-2. The molecule has 0 heterocycles.